The standard InChI is InChI=1S/C29H41ClF6N2O2S/c1-16-17(2)19(4)26(7,25(5,6)18(16)3)29(30)37-23-13-8-9-14-24(23)38(29)41(39,40)15-20-21(27(31,32)33)11-10-12-22(20)28(34,35)36/h10-12,16-19,23-24,37H,8-9,13-15H2,1-7H3. The van der Waals surface area contributed by atoms with Crippen molar-refractivity contribution in [3.05, 3.63) is 34.9 Å². The van der Waals surface area contributed by atoms with Gasteiger partial charge in [-0.3, -0.25) is 5.32 Å². The molecular weight excluding hydrogens is 590 g/mol. The Balaban J connectivity index is 1.94. The molecule has 8 unspecified atom stereocenters. The first-order valence-electron chi connectivity index (χ1n) is 14.3. The number of sulfonamides is 1. The lowest BCUT2D eigenvalue weighted by Crippen LogP contribution is -2.71. The molecule has 1 aromatic carbocycles. The minimum atomic E-state index is -5.19. The lowest BCUT2D eigenvalue weighted by atomic mass is 9.44. The number of hydrogen-bond donors (Lipinski definition) is 1. The molecule has 41 heavy (non-hydrogen) atoms. The Bertz CT molecular complexity index is 1240. The lowest BCUT2D eigenvalue weighted by Gasteiger charge is -2.65. The van der Waals surface area contributed by atoms with Crippen LogP contribution in [-0.4, -0.2) is 29.9 Å². The fourth-order valence-corrected chi connectivity index (χ4v) is 11.4. The third kappa shape index (κ3) is 4.92. The first kappa shape index (κ1) is 32.9. The predicted octanol–water partition coefficient (Wildman–Crippen LogP) is 8.25. The second-order valence-corrected chi connectivity index (χ2v) is 15.7. The highest BCUT2D eigenvalue weighted by atomic mass is 35.5. The predicted molar refractivity (Wildman–Crippen MR) is 147 cm³/mol. The molecule has 0 radical (unpaired) electrons. The lowest BCUT2D eigenvalue weighted by molar-refractivity contribution is -0.162. The molecule has 3 aliphatic rings. The van der Waals surface area contributed by atoms with Gasteiger partial charge in [0.1, 0.15) is 0 Å². The van der Waals surface area contributed by atoms with Gasteiger partial charge >= 0.3 is 12.4 Å². The van der Waals surface area contributed by atoms with Crippen LogP contribution in [0.15, 0.2) is 18.2 Å². The van der Waals surface area contributed by atoms with Crippen LogP contribution < -0.4 is 5.32 Å². The monoisotopic (exact) mass is 630 g/mol. The molecule has 0 amide bonds. The Morgan fingerprint density at radius 3 is 1.90 bits per heavy atom. The number of nitrogens with zero attached hydrogens (tertiary/aromatic N) is 1. The highest BCUT2D eigenvalue weighted by Gasteiger charge is 2.72. The van der Waals surface area contributed by atoms with E-state index in [1.54, 1.807) is 0 Å². The molecular formula is C29H41ClF6N2O2S. The van der Waals surface area contributed by atoms with Crippen molar-refractivity contribution < 1.29 is 34.8 Å². The van der Waals surface area contributed by atoms with Gasteiger partial charge in [-0.15, -0.1) is 0 Å². The van der Waals surface area contributed by atoms with E-state index in [1.165, 1.54) is 0 Å². The summed E-state index contributed by atoms with van der Waals surface area (Å²) in [6, 6.07) is 0.583. The zero-order valence-corrected chi connectivity index (χ0v) is 26.1. The molecule has 2 saturated carbocycles. The molecule has 234 valence electrons. The molecule has 12 heteroatoms. The summed E-state index contributed by atoms with van der Waals surface area (Å²) in [7, 11) is -4.83. The summed E-state index contributed by atoms with van der Waals surface area (Å²) in [6.45, 7) is 14.4. The first-order valence-corrected chi connectivity index (χ1v) is 16.3. The van der Waals surface area contributed by atoms with Gasteiger partial charge in [0.25, 0.3) is 0 Å². The Morgan fingerprint density at radius 2 is 1.39 bits per heavy atom. The van der Waals surface area contributed by atoms with E-state index in [1.807, 2.05) is 27.7 Å². The minimum Gasteiger partial charge on any atom is -0.281 e. The third-order valence-electron chi connectivity index (χ3n) is 11.6. The molecule has 2 aliphatic carbocycles. The molecule has 1 N–H and O–H groups in total. The molecule has 0 spiro atoms. The van der Waals surface area contributed by atoms with Crippen molar-refractivity contribution >= 4 is 21.6 Å². The maximum atomic E-state index is 14.4. The second kappa shape index (κ2) is 10.3. The SMILES string of the molecule is CC1C(C)C(C)C(C)(C2(Cl)NC3CCCCC3N2S(=O)(=O)Cc2c(C(F)(F)F)cccc2C(F)(F)F)C(C)(C)C1C. The molecule has 1 heterocycles. The number of alkyl halides is 7. The number of nitrogens with one attached hydrogen (secondary N) is 1. The maximum Gasteiger partial charge on any atom is 0.416 e. The van der Waals surface area contributed by atoms with Gasteiger partial charge in [-0.1, -0.05) is 79.0 Å². The average Bonchev–Trinajstić information content (AvgIpc) is 3.18. The van der Waals surface area contributed by atoms with Gasteiger partial charge in [0.05, 0.1) is 16.9 Å². The molecule has 0 aromatic heterocycles. The van der Waals surface area contributed by atoms with E-state index in [2.05, 4.69) is 26.1 Å². The van der Waals surface area contributed by atoms with Gasteiger partial charge in [0, 0.05) is 17.5 Å². The molecule has 1 aliphatic heterocycles. The van der Waals surface area contributed by atoms with Crippen LogP contribution in [0, 0.1) is 34.5 Å². The number of benzene rings is 1. The molecule has 1 saturated heterocycles. The molecule has 3 fully saturated rings. The average molecular weight is 631 g/mol. The summed E-state index contributed by atoms with van der Waals surface area (Å²) in [5, 5.41) is 1.65. The fourth-order valence-electron chi connectivity index (χ4n) is 8.28. The zero-order valence-electron chi connectivity index (χ0n) is 24.5. The van der Waals surface area contributed by atoms with Crippen LogP contribution >= 0.6 is 11.6 Å². The van der Waals surface area contributed by atoms with Crippen LogP contribution in [0.25, 0.3) is 0 Å². The van der Waals surface area contributed by atoms with Gasteiger partial charge in [-0.25, -0.2) is 8.42 Å². The van der Waals surface area contributed by atoms with Crippen LogP contribution in [0.1, 0.15) is 90.8 Å². The summed E-state index contributed by atoms with van der Waals surface area (Å²) in [5.74, 6) is -1.13. The van der Waals surface area contributed by atoms with Gasteiger partial charge in [0.15, 0.2) is 5.12 Å². The number of rotatable bonds is 4. The quantitative estimate of drug-likeness (QED) is 0.207. The summed E-state index contributed by atoms with van der Waals surface area (Å²) in [4.78, 5) is 0. The van der Waals surface area contributed by atoms with Crippen LogP contribution in [0.4, 0.5) is 26.3 Å². The summed E-state index contributed by atoms with van der Waals surface area (Å²) in [5.41, 5.74) is -6.04. The molecule has 0 bridgehead atoms. The Hall–Kier alpha value is -1.04. The zero-order chi connectivity index (χ0) is 31.1. The minimum absolute atomic E-state index is 0.0890. The number of fused-ring (bicyclic) bond motifs is 1. The molecule has 4 nitrogen and oxygen atoms in total. The fraction of sp³-hybridized carbons (Fsp3) is 0.793. The van der Waals surface area contributed by atoms with Crippen LogP contribution in [0.5, 0.6) is 0 Å². The largest absolute Gasteiger partial charge is 0.416 e. The van der Waals surface area contributed by atoms with Gasteiger partial charge < -0.3 is 0 Å². The molecule has 4 rings (SSSR count). The van der Waals surface area contributed by atoms with Crippen LogP contribution in [0.2, 0.25) is 0 Å². The Morgan fingerprint density at radius 1 is 0.902 bits per heavy atom. The number of halogens is 7. The van der Waals surface area contributed by atoms with Crippen molar-refractivity contribution in [1.82, 2.24) is 9.62 Å². The van der Waals surface area contributed by atoms with E-state index >= 15 is 0 Å². The van der Waals surface area contributed by atoms with Gasteiger partial charge in [-0.2, -0.15) is 30.6 Å². The maximum absolute atomic E-state index is 14.4. The topological polar surface area (TPSA) is 49.4 Å². The summed E-state index contributed by atoms with van der Waals surface area (Å²) in [6.07, 6.45) is -7.88. The van der Waals surface area contributed by atoms with E-state index in [-0.39, 0.29) is 29.7 Å². The van der Waals surface area contributed by atoms with Crippen molar-refractivity contribution in [3.8, 4) is 0 Å². The Kier molecular flexibility index (Phi) is 8.23. The van der Waals surface area contributed by atoms with Crippen molar-refractivity contribution in [2.75, 3.05) is 0 Å². The van der Waals surface area contributed by atoms with Crippen molar-refractivity contribution in [1.29, 1.82) is 0 Å². The summed E-state index contributed by atoms with van der Waals surface area (Å²) < 4.78 is 114. The smallest absolute Gasteiger partial charge is 0.281 e. The van der Waals surface area contributed by atoms with Crippen molar-refractivity contribution in [3.63, 3.8) is 0 Å². The third-order valence-corrected chi connectivity index (χ3v) is 14.2. The molecule has 8 atom stereocenters. The first-order chi connectivity index (χ1) is 18.5. The van der Waals surface area contributed by atoms with E-state index in [0.29, 0.717) is 37.5 Å². The molecule has 1 aromatic rings. The summed E-state index contributed by atoms with van der Waals surface area (Å²) >= 11 is 7.59. The second-order valence-electron chi connectivity index (χ2n) is 13.3. The Labute approximate surface area is 244 Å². The van der Waals surface area contributed by atoms with E-state index in [4.69, 9.17) is 11.6 Å². The van der Waals surface area contributed by atoms with E-state index in [9.17, 15) is 34.8 Å². The highest BCUT2D eigenvalue weighted by Crippen LogP contribution is 2.67. The van der Waals surface area contributed by atoms with Crippen molar-refractivity contribution in [2.45, 2.75) is 109 Å². The van der Waals surface area contributed by atoms with Crippen LogP contribution in [-0.2, 0) is 28.1 Å². The van der Waals surface area contributed by atoms with Crippen LogP contribution in [0.3, 0.4) is 0 Å². The van der Waals surface area contributed by atoms with E-state index < -0.39 is 66.8 Å². The van der Waals surface area contributed by atoms with Crippen molar-refractivity contribution in [2.24, 2.45) is 34.5 Å². The highest BCUT2D eigenvalue weighted by molar-refractivity contribution is 7.88. The van der Waals surface area contributed by atoms with E-state index in [0.717, 1.165) is 10.7 Å². The normalized spacial score (nSPS) is 38.6. The van der Waals surface area contributed by atoms with Gasteiger partial charge in [-0.05, 0) is 59.6 Å². The van der Waals surface area contributed by atoms with Gasteiger partial charge in [0.2, 0.25) is 10.0 Å². The number of hydrogen-bond acceptors (Lipinski definition) is 3.